The zero-order valence-corrected chi connectivity index (χ0v) is 13.6. The van der Waals surface area contributed by atoms with Crippen molar-refractivity contribution in [2.45, 2.75) is 52.6 Å². The average Bonchev–Trinajstić information content (AvgIpc) is 2.87. The van der Waals surface area contributed by atoms with Gasteiger partial charge in [-0.15, -0.1) is 0 Å². The summed E-state index contributed by atoms with van der Waals surface area (Å²) in [6.07, 6.45) is 1.01. The summed E-state index contributed by atoms with van der Waals surface area (Å²) in [6, 6.07) is 13.4. The Balaban J connectivity index is 2.18. The van der Waals surface area contributed by atoms with Gasteiger partial charge in [-0.2, -0.15) is 5.10 Å². The Morgan fingerprint density at radius 1 is 1.19 bits per heavy atom. The van der Waals surface area contributed by atoms with Crippen LogP contribution in [-0.2, 0) is 13.0 Å². The molecule has 0 fully saturated rings. The van der Waals surface area contributed by atoms with E-state index in [1.807, 2.05) is 0 Å². The molecule has 2 unspecified atom stereocenters. The maximum absolute atomic E-state index is 4.56. The standard InChI is InChI=1S/C18H27N3/c1-5-19-18(15(4)16-10-8-7-9-11-16)13-17-12-14(3)20-21(17)6-2/h7-12,15,18-19H,5-6,13H2,1-4H3. The molecule has 0 radical (unpaired) electrons. The minimum absolute atomic E-state index is 0.429. The lowest BCUT2D eigenvalue weighted by molar-refractivity contribution is 0.442. The van der Waals surface area contributed by atoms with E-state index in [4.69, 9.17) is 0 Å². The number of hydrogen-bond donors (Lipinski definition) is 1. The third-order valence-electron chi connectivity index (χ3n) is 4.11. The number of rotatable bonds is 7. The first-order chi connectivity index (χ1) is 10.2. The van der Waals surface area contributed by atoms with E-state index < -0.39 is 0 Å². The lowest BCUT2D eigenvalue weighted by Crippen LogP contribution is -2.36. The van der Waals surface area contributed by atoms with Gasteiger partial charge >= 0.3 is 0 Å². The first-order valence-corrected chi connectivity index (χ1v) is 7.97. The van der Waals surface area contributed by atoms with Crippen molar-refractivity contribution in [2.75, 3.05) is 6.54 Å². The first kappa shape index (κ1) is 15.8. The van der Waals surface area contributed by atoms with Crippen molar-refractivity contribution in [2.24, 2.45) is 0 Å². The summed E-state index contributed by atoms with van der Waals surface area (Å²) in [5.41, 5.74) is 3.82. The quantitative estimate of drug-likeness (QED) is 0.843. The van der Waals surface area contributed by atoms with Crippen LogP contribution in [0.3, 0.4) is 0 Å². The second kappa shape index (κ2) is 7.41. The third-order valence-corrected chi connectivity index (χ3v) is 4.11. The molecular weight excluding hydrogens is 258 g/mol. The van der Waals surface area contributed by atoms with Gasteiger partial charge in [0.05, 0.1) is 5.69 Å². The molecule has 2 atom stereocenters. The maximum atomic E-state index is 4.56. The van der Waals surface area contributed by atoms with Crippen LogP contribution in [0.4, 0.5) is 0 Å². The summed E-state index contributed by atoms with van der Waals surface area (Å²) in [5.74, 6) is 0.478. The Labute approximate surface area is 128 Å². The van der Waals surface area contributed by atoms with Gasteiger partial charge in [0.25, 0.3) is 0 Å². The number of nitrogens with zero attached hydrogens (tertiary/aromatic N) is 2. The molecule has 2 rings (SSSR count). The number of likely N-dealkylation sites (N-methyl/N-ethyl adjacent to an activating group) is 1. The fraction of sp³-hybridized carbons (Fsp3) is 0.500. The highest BCUT2D eigenvalue weighted by Gasteiger charge is 2.20. The van der Waals surface area contributed by atoms with Crippen molar-refractivity contribution in [1.82, 2.24) is 15.1 Å². The van der Waals surface area contributed by atoms with E-state index in [1.54, 1.807) is 0 Å². The topological polar surface area (TPSA) is 29.9 Å². The number of aryl methyl sites for hydroxylation is 2. The minimum Gasteiger partial charge on any atom is -0.313 e. The lowest BCUT2D eigenvalue weighted by Gasteiger charge is -2.25. The van der Waals surface area contributed by atoms with Gasteiger partial charge in [0.15, 0.2) is 0 Å². The van der Waals surface area contributed by atoms with Gasteiger partial charge in [-0.1, -0.05) is 44.2 Å². The van der Waals surface area contributed by atoms with Crippen molar-refractivity contribution in [3.63, 3.8) is 0 Å². The van der Waals surface area contributed by atoms with Crippen LogP contribution in [0.15, 0.2) is 36.4 Å². The molecule has 114 valence electrons. The van der Waals surface area contributed by atoms with Crippen LogP contribution < -0.4 is 5.32 Å². The van der Waals surface area contributed by atoms with Crippen molar-refractivity contribution >= 4 is 0 Å². The van der Waals surface area contributed by atoms with Gasteiger partial charge in [0.2, 0.25) is 0 Å². The predicted octanol–water partition coefficient (Wildman–Crippen LogP) is 3.54. The van der Waals surface area contributed by atoms with Crippen LogP contribution in [0.1, 0.15) is 43.6 Å². The Morgan fingerprint density at radius 2 is 1.90 bits per heavy atom. The highest BCUT2D eigenvalue weighted by Crippen LogP contribution is 2.22. The predicted molar refractivity (Wildman–Crippen MR) is 88.7 cm³/mol. The van der Waals surface area contributed by atoms with Gasteiger partial charge in [0.1, 0.15) is 0 Å². The third kappa shape index (κ3) is 3.94. The molecule has 1 aromatic heterocycles. The molecule has 3 heteroatoms. The van der Waals surface area contributed by atoms with Crippen molar-refractivity contribution in [1.29, 1.82) is 0 Å². The molecule has 1 aromatic carbocycles. The van der Waals surface area contributed by atoms with E-state index in [0.29, 0.717) is 12.0 Å². The smallest absolute Gasteiger partial charge is 0.0596 e. The fourth-order valence-electron chi connectivity index (χ4n) is 2.94. The number of aromatic nitrogens is 2. The molecule has 0 aliphatic carbocycles. The average molecular weight is 285 g/mol. The van der Waals surface area contributed by atoms with Crippen molar-refractivity contribution in [3.8, 4) is 0 Å². The summed E-state index contributed by atoms with van der Waals surface area (Å²) >= 11 is 0. The van der Waals surface area contributed by atoms with Gasteiger partial charge < -0.3 is 5.32 Å². The van der Waals surface area contributed by atoms with Crippen LogP contribution in [0.2, 0.25) is 0 Å². The molecule has 0 amide bonds. The van der Waals surface area contributed by atoms with Crippen molar-refractivity contribution in [3.05, 3.63) is 53.3 Å². The first-order valence-electron chi connectivity index (χ1n) is 7.97. The highest BCUT2D eigenvalue weighted by atomic mass is 15.3. The number of benzene rings is 1. The van der Waals surface area contributed by atoms with E-state index in [9.17, 15) is 0 Å². The van der Waals surface area contributed by atoms with Gasteiger partial charge in [-0.05, 0) is 37.9 Å². The van der Waals surface area contributed by atoms with Crippen LogP contribution in [0, 0.1) is 6.92 Å². The second-order valence-electron chi connectivity index (χ2n) is 5.66. The molecule has 0 spiro atoms. The molecule has 0 saturated carbocycles. The van der Waals surface area contributed by atoms with E-state index in [2.05, 4.69) is 79.2 Å². The molecule has 0 saturated heterocycles. The van der Waals surface area contributed by atoms with Gasteiger partial charge in [-0.25, -0.2) is 0 Å². The molecule has 1 heterocycles. The Morgan fingerprint density at radius 3 is 2.52 bits per heavy atom. The Hall–Kier alpha value is -1.61. The van der Waals surface area contributed by atoms with Crippen LogP contribution in [0.25, 0.3) is 0 Å². The largest absolute Gasteiger partial charge is 0.313 e. The summed E-state index contributed by atoms with van der Waals surface area (Å²) in [4.78, 5) is 0. The molecule has 0 bridgehead atoms. The highest BCUT2D eigenvalue weighted by molar-refractivity contribution is 5.22. The van der Waals surface area contributed by atoms with Crippen LogP contribution >= 0.6 is 0 Å². The van der Waals surface area contributed by atoms with Crippen molar-refractivity contribution < 1.29 is 0 Å². The fourth-order valence-corrected chi connectivity index (χ4v) is 2.94. The van der Waals surface area contributed by atoms with E-state index in [1.165, 1.54) is 11.3 Å². The molecule has 21 heavy (non-hydrogen) atoms. The van der Waals surface area contributed by atoms with Gasteiger partial charge in [0, 0.05) is 24.7 Å². The minimum atomic E-state index is 0.429. The Kier molecular flexibility index (Phi) is 5.57. The molecule has 1 N–H and O–H groups in total. The number of nitrogens with one attached hydrogen (secondary N) is 1. The zero-order chi connectivity index (χ0) is 15.2. The van der Waals surface area contributed by atoms with Crippen LogP contribution in [0.5, 0.6) is 0 Å². The normalized spacial score (nSPS) is 14.1. The lowest BCUT2D eigenvalue weighted by atomic mass is 9.90. The maximum Gasteiger partial charge on any atom is 0.0596 e. The number of hydrogen-bond acceptors (Lipinski definition) is 2. The summed E-state index contributed by atoms with van der Waals surface area (Å²) in [6.45, 7) is 10.6. The van der Waals surface area contributed by atoms with E-state index >= 15 is 0 Å². The molecule has 2 aromatic rings. The van der Waals surface area contributed by atoms with Gasteiger partial charge in [-0.3, -0.25) is 4.68 Å². The zero-order valence-electron chi connectivity index (χ0n) is 13.6. The molecular formula is C18H27N3. The van der Waals surface area contributed by atoms with E-state index in [0.717, 1.165) is 25.2 Å². The summed E-state index contributed by atoms with van der Waals surface area (Å²) < 4.78 is 2.12. The molecule has 0 aliphatic heterocycles. The molecule has 0 aliphatic rings. The van der Waals surface area contributed by atoms with Crippen LogP contribution in [-0.4, -0.2) is 22.4 Å². The Bertz CT molecular complexity index is 545. The summed E-state index contributed by atoms with van der Waals surface area (Å²) in [7, 11) is 0. The SMILES string of the molecule is CCNC(Cc1cc(C)nn1CC)C(C)c1ccccc1. The molecule has 3 nitrogen and oxygen atoms in total. The second-order valence-corrected chi connectivity index (χ2v) is 5.66. The van der Waals surface area contributed by atoms with E-state index in [-0.39, 0.29) is 0 Å². The monoisotopic (exact) mass is 285 g/mol. The summed E-state index contributed by atoms with van der Waals surface area (Å²) in [5, 5.41) is 8.21.